The first-order valence-electron chi connectivity index (χ1n) is 17.5. The van der Waals surface area contributed by atoms with Crippen LogP contribution in [0.2, 0.25) is 0 Å². The van der Waals surface area contributed by atoms with Crippen LogP contribution in [0.3, 0.4) is 0 Å². The van der Waals surface area contributed by atoms with E-state index >= 15 is 0 Å². The minimum Gasteiger partial charge on any atom is -0.256 e. The summed E-state index contributed by atoms with van der Waals surface area (Å²) in [6.07, 6.45) is 1.94. The summed E-state index contributed by atoms with van der Waals surface area (Å²) in [6, 6.07) is 68.0. The summed E-state index contributed by atoms with van der Waals surface area (Å²) in [5, 5.41) is 2.28. The Kier molecular flexibility index (Phi) is 8.20. The largest absolute Gasteiger partial charge is 0.256 e. The first kappa shape index (κ1) is 31.0. The van der Waals surface area contributed by atoms with Crippen molar-refractivity contribution in [1.82, 2.24) is 15.0 Å². The second-order valence-electron chi connectivity index (χ2n) is 12.9. The highest BCUT2D eigenvalue weighted by Crippen LogP contribution is 2.36. The lowest BCUT2D eigenvalue weighted by molar-refractivity contribution is 1.18. The third kappa shape index (κ3) is 6.39. The van der Waals surface area contributed by atoms with Gasteiger partial charge in [-0.25, -0.2) is 9.97 Å². The predicted molar refractivity (Wildman–Crippen MR) is 215 cm³/mol. The van der Waals surface area contributed by atoms with Crippen molar-refractivity contribution >= 4 is 10.8 Å². The van der Waals surface area contributed by atoms with Crippen molar-refractivity contribution < 1.29 is 0 Å². The minimum atomic E-state index is 0.668. The van der Waals surface area contributed by atoms with Gasteiger partial charge < -0.3 is 0 Å². The number of hydrogen-bond acceptors (Lipinski definition) is 3. The van der Waals surface area contributed by atoms with E-state index in [1.807, 2.05) is 30.5 Å². The highest BCUT2D eigenvalue weighted by molar-refractivity contribution is 5.86. The molecule has 3 nitrogen and oxygen atoms in total. The summed E-state index contributed by atoms with van der Waals surface area (Å²) in [4.78, 5) is 15.1. The van der Waals surface area contributed by atoms with Crippen molar-refractivity contribution in [1.29, 1.82) is 0 Å². The molecule has 9 rings (SSSR count). The Bertz CT molecular complexity index is 2610. The third-order valence-corrected chi connectivity index (χ3v) is 9.48. The predicted octanol–water partition coefficient (Wildman–Crippen LogP) is 12.7. The smallest absolute Gasteiger partial charge is 0.160 e. The van der Waals surface area contributed by atoms with Crippen LogP contribution >= 0.6 is 0 Å². The Labute approximate surface area is 303 Å². The molecular formula is C49H33N3. The van der Waals surface area contributed by atoms with Crippen LogP contribution in [0, 0.1) is 0 Å². The Morgan fingerprint density at radius 1 is 0.250 bits per heavy atom. The van der Waals surface area contributed by atoms with E-state index in [1.54, 1.807) is 0 Å². The van der Waals surface area contributed by atoms with Crippen LogP contribution in [0.4, 0.5) is 0 Å². The number of pyridine rings is 1. The van der Waals surface area contributed by atoms with E-state index in [9.17, 15) is 0 Å². The quantitative estimate of drug-likeness (QED) is 0.170. The standard InChI is InChI=1S/C49H33N3/c1-4-14-34(15-5-1)43-28-44(35-16-6-2-7-17-35)30-45(29-43)37-22-12-24-40(26-37)48-32-47(36-18-8-3-9-19-36)51-49(52-48)41-25-13-23-39(27-41)46-31-38-20-10-11-21-42(38)33-50-46/h1-33H. The molecule has 2 aromatic heterocycles. The molecule has 9 aromatic rings. The fraction of sp³-hybridized carbons (Fsp3) is 0. The van der Waals surface area contributed by atoms with Gasteiger partial charge in [-0.3, -0.25) is 4.98 Å². The van der Waals surface area contributed by atoms with Crippen LogP contribution in [0.1, 0.15) is 0 Å². The van der Waals surface area contributed by atoms with Crippen LogP contribution in [0.15, 0.2) is 200 Å². The molecule has 3 heteroatoms. The van der Waals surface area contributed by atoms with Gasteiger partial charge in [0.25, 0.3) is 0 Å². The van der Waals surface area contributed by atoms with Gasteiger partial charge in [0.05, 0.1) is 17.1 Å². The molecule has 0 aliphatic carbocycles. The number of benzene rings is 7. The van der Waals surface area contributed by atoms with E-state index in [1.165, 1.54) is 22.3 Å². The Morgan fingerprint density at radius 2 is 0.673 bits per heavy atom. The van der Waals surface area contributed by atoms with Crippen molar-refractivity contribution in [2.75, 3.05) is 0 Å². The number of fused-ring (bicyclic) bond motifs is 1. The minimum absolute atomic E-state index is 0.668. The molecule has 7 aromatic carbocycles. The first-order chi connectivity index (χ1) is 25.7. The number of nitrogens with zero attached hydrogens (tertiary/aromatic N) is 3. The molecule has 0 saturated heterocycles. The van der Waals surface area contributed by atoms with E-state index in [2.05, 4.69) is 170 Å². The zero-order chi connectivity index (χ0) is 34.7. The van der Waals surface area contributed by atoms with Gasteiger partial charge >= 0.3 is 0 Å². The van der Waals surface area contributed by atoms with Crippen molar-refractivity contribution in [2.45, 2.75) is 0 Å². The number of hydrogen-bond donors (Lipinski definition) is 0. The molecule has 52 heavy (non-hydrogen) atoms. The topological polar surface area (TPSA) is 38.7 Å². The fourth-order valence-corrected chi connectivity index (χ4v) is 6.79. The lowest BCUT2D eigenvalue weighted by Crippen LogP contribution is -1.96. The van der Waals surface area contributed by atoms with Gasteiger partial charge in [0, 0.05) is 33.8 Å². The van der Waals surface area contributed by atoms with Gasteiger partial charge in [0.1, 0.15) is 0 Å². The lowest BCUT2D eigenvalue weighted by Gasteiger charge is -2.13. The van der Waals surface area contributed by atoms with Gasteiger partial charge in [0.2, 0.25) is 0 Å². The monoisotopic (exact) mass is 663 g/mol. The van der Waals surface area contributed by atoms with Crippen LogP contribution in [-0.4, -0.2) is 15.0 Å². The molecule has 0 atom stereocenters. The normalized spacial score (nSPS) is 11.1. The van der Waals surface area contributed by atoms with Gasteiger partial charge in [0.15, 0.2) is 5.82 Å². The summed E-state index contributed by atoms with van der Waals surface area (Å²) >= 11 is 0. The third-order valence-electron chi connectivity index (χ3n) is 9.48. The van der Waals surface area contributed by atoms with Crippen LogP contribution in [0.5, 0.6) is 0 Å². The highest BCUT2D eigenvalue weighted by atomic mass is 14.9. The molecule has 0 saturated carbocycles. The molecule has 0 spiro atoms. The van der Waals surface area contributed by atoms with Crippen LogP contribution < -0.4 is 0 Å². The van der Waals surface area contributed by atoms with Gasteiger partial charge in [-0.1, -0.05) is 152 Å². The number of aromatic nitrogens is 3. The second-order valence-corrected chi connectivity index (χ2v) is 12.9. The summed E-state index contributed by atoms with van der Waals surface area (Å²) in [7, 11) is 0. The molecule has 2 heterocycles. The molecule has 0 bridgehead atoms. The van der Waals surface area contributed by atoms with Crippen molar-refractivity contribution in [3.8, 4) is 78.5 Å². The zero-order valence-electron chi connectivity index (χ0n) is 28.4. The maximum atomic E-state index is 5.22. The average molecular weight is 664 g/mol. The molecule has 0 aliphatic heterocycles. The molecule has 0 N–H and O–H groups in total. The van der Waals surface area contributed by atoms with Gasteiger partial charge in [-0.05, 0) is 81.2 Å². The van der Waals surface area contributed by atoms with E-state index in [0.29, 0.717) is 5.82 Å². The van der Waals surface area contributed by atoms with E-state index in [0.717, 1.165) is 61.2 Å². The fourth-order valence-electron chi connectivity index (χ4n) is 6.79. The summed E-state index contributed by atoms with van der Waals surface area (Å²) in [6.45, 7) is 0. The SMILES string of the molecule is c1ccc(-c2cc(-c3ccccc3)cc(-c3cccc(-c4cc(-c5ccccc5)nc(-c5cccc(-c6cc7ccccc7cn6)c5)n4)c3)c2)cc1. The van der Waals surface area contributed by atoms with Gasteiger partial charge in [-0.15, -0.1) is 0 Å². The van der Waals surface area contributed by atoms with E-state index in [-0.39, 0.29) is 0 Å². The number of rotatable bonds is 7. The molecule has 0 amide bonds. The molecule has 0 aliphatic rings. The van der Waals surface area contributed by atoms with Crippen LogP contribution in [0.25, 0.3) is 89.3 Å². The highest BCUT2D eigenvalue weighted by Gasteiger charge is 2.14. The van der Waals surface area contributed by atoms with Crippen molar-refractivity contribution in [2.24, 2.45) is 0 Å². The Balaban J connectivity index is 1.16. The van der Waals surface area contributed by atoms with Gasteiger partial charge in [-0.2, -0.15) is 0 Å². The van der Waals surface area contributed by atoms with E-state index < -0.39 is 0 Å². The lowest BCUT2D eigenvalue weighted by atomic mass is 9.92. The maximum absolute atomic E-state index is 5.22. The maximum Gasteiger partial charge on any atom is 0.160 e. The molecule has 0 fully saturated rings. The zero-order valence-corrected chi connectivity index (χ0v) is 28.4. The summed E-state index contributed by atoms with van der Waals surface area (Å²) in [5.41, 5.74) is 13.7. The summed E-state index contributed by atoms with van der Waals surface area (Å²) < 4.78 is 0. The second kappa shape index (κ2) is 13.7. The molecule has 244 valence electrons. The average Bonchev–Trinajstić information content (AvgIpc) is 3.24. The first-order valence-corrected chi connectivity index (χ1v) is 17.5. The van der Waals surface area contributed by atoms with E-state index in [4.69, 9.17) is 15.0 Å². The Hall–Kier alpha value is -6.97. The molecule has 0 radical (unpaired) electrons. The molecule has 0 unspecified atom stereocenters. The van der Waals surface area contributed by atoms with Crippen molar-refractivity contribution in [3.05, 3.63) is 200 Å². The van der Waals surface area contributed by atoms with Crippen molar-refractivity contribution in [3.63, 3.8) is 0 Å². The summed E-state index contributed by atoms with van der Waals surface area (Å²) in [5.74, 6) is 0.668. The Morgan fingerprint density at radius 3 is 1.31 bits per heavy atom. The molecular weight excluding hydrogens is 631 g/mol. The van der Waals surface area contributed by atoms with Crippen LogP contribution in [-0.2, 0) is 0 Å².